The summed E-state index contributed by atoms with van der Waals surface area (Å²) in [6.45, 7) is 4.78. The SMILES string of the molecule is CCCCOC(=O)c1cccc(NC(=O)COc2ccc(OCC)cc2)c1. The van der Waals surface area contributed by atoms with E-state index in [1.54, 1.807) is 48.5 Å². The number of hydrogen-bond acceptors (Lipinski definition) is 5. The third-order valence-electron chi connectivity index (χ3n) is 3.62. The molecule has 0 aromatic heterocycles. The summed E-state index contributed by atoms with van der Waals surface area (Å²) in [5, 5.41) is 2.71. The maximum Gasteiger partial charge on any atom is 0.338 e. The van der Waals surface area contributed by atoms with Crippen molar-refractivity contribution in [1.82, 2.24) is 0 Å². The normalized spacial score (nSPS) is 10.1. The van der Waals surface area contributed by atoms with Crippen molar-refractivity contribution in [2.24, 2.45) is 0 Å². The summed E-state index contributed by atoms with van der Waals surface area (Å²) in [6.07, 6.45) is 1.78. The molecule has 0 aliphatic carbocycles. The van der Waals surface area contributed by atoms with Gasteiger partial charge in [-0.2, -0.15) is 0 Å². The van der Waals surface area contributed by atoms with Crippen LogP contribution >= 0.6 is 0 Å². The van der Waals surface area contributed by atoms with Gasteiger partial charge >= 0.3 is 5.97 Å². The van der Waals surface area contributed by atoms with E-state index in [1.807, 2.05) is 13.8 Å². The van der Waals surface area contributed by atoms with E-state index in [2.05, 4.69) is 5.32 Å². The van der Waals surface area contributed by atoms with Gasteiger partial charge < -0.3 is 19.5 Å². The van der Waals surface area contributed by atoms with Crippen LogP contribution in [0.25, 0.3) is 0 Å². The third-order valence-corrected chi connectivity index (χ3v) is 3.62. The molecule has 6 heteroatoms. The summed E-state index contributed by atoms with van der Waals surface area (Å²) >= 11 is 0. The minimum atomic E-state index is -0.398. The average molecular weight is 371 g/mol. The number of amides is 1. The number of esters is 1. The number of unbranched alkanes of at least 4 members (excludes halogenated alkanes) is 1. The summed E-state index contributed by atoms with van der Waals surface area (Å²) in [5.41, 5.74) is 0.913. The van der Waals surface area contributed by atoms with Crippen LogP contribution in [0.4, 0.5) is 5.69 Å². The Hall–Kier alpha value is -3.02. The van der Waals surface area contributed by atoms with Gasteiger partial charge in [-0.05, 0) is 55.8 Å². The zero-order chi connectivity index (χ0) is 19.5. The number of anilines is 1. The van der Waals surface area contributed by atoms with Crippen LogP contribution in [-0.2, 0) is 9.53 Å². The lowest BCUT2D eigenvalue weighted by atomic mass is 10.2. The van der Waals surface area contributed by atoms with Crippen molar-refractivity contribution in [3.8, 4) is 11.5 Å². The Morgan fingerprint density at radius 2 is 1.67 bits per heavy atom. The van der Waals surface area contributed by atoms with Crippen molar-refractivity contribution >= 4 is 17.6 Å². The van der Waals surface area contributed by atoms with E-state index >= 15 is 0 Å². The molecule has 0 atom stereocenters. The molecule has 0 spiro atoms. The van der Waals surface area contributed by atoms with E-state index in [4.69, 9.17) is 14.2 Å². The quantitative estimate of drug-likeness (QED) is 0.504. The van der Waals surface area contributed by atoms with Crippen LogP contribution in [0.1, 0.15) is 37.0 Å². The molecule has 2 aromatic rings. The lowest BCUT2D eigenvalue weighted by molar-refractivity contribution is -0.118. The van der Waals surface area contributed by atoms with Gasteiger partial charge in [0.15, 0.2) is 6.61 Å². The van der Waals surface area contributed by atoms with Crippen molar-refractivity contribution in [1.29, 1.82) is 0 Å². The Balaban J connectivity index is 1.84. The number of benzene rings is 2. The molecule has 2 aromatic carbocycles. The van der Waals surface area contributed by atoms with Crippen LogP contribution in [0.2, 0.25) is 0 Å². The summed E-state index contributed by atoms with van der Waals surface area (Å²) in [4.78, 5) is 24.0. The minimum absolute atomic E-state index is 0.140. The lowest BCUT2D eigenvalue weighted by Crippen LogP contribution is -2.20. The second-order valence-electron chi connectivity index (χ2n) is 5.81. The maximum atomic E-state index is 12.1. The molecule has 0 radical (unpaired) electrons. The van der Waals surface area contributed by atoms with Gasteiger partial charge in [0, 0.05) is 5.69 Å². The Morgan fingerprint density at radius 3 is 2.33 bits per heavy atom. The number of rotatable bonds is 10. The molecule has 0 bridgehead atoms. The molecule has 0 unspecified atom stereocenters. The van der Waals surface area contributed by atoms with E-state index in [0.29, 0.717) is 30.2 Å². The van der Waals surface area contributed by atoms with E-state index in [-0.39, 0.29) is 12.5 Å². The van der Waals surface area contributed by atoms with Gasteiger partial charge in [0.1, 0.15) is 11.5 Å². The minimum Gasteiger partial charge on any atom is -0.494 e. The Morgan fingerprint density at radius 1 is 0.963 bits per heavy atom. The molecule has 1 N–H and O–H groups in total. The van der Waals surface area contributed by atoms with Gasteiger partial charge in [0.25, 0.3) is 5.91 Å². The van der Waals surface area contributed by atoms with Gasteiger partial charge in [0.05, 0.1) is 18.8 Å². The molecular weight excluding hydrogens is 346 g/mol. The van der Waals surface area contributed by atoms with Gasteiger partial charge in [-0.1, -0.05) is 19.4 Å². The first-order valence-corrected chi connectivity index (χ1v) is 9.05. The van der Waals surface area contributed by atoms with Crippen LogP contribution in [0.15, 0.2) is 48.5 Å². The summed E-state index contributed by atoms with van der Waals surface area (Å²) in [5.74, 6) is 0.601. The number of carbonyl (C=O) groups excluding carboxylic acids is 2. The lowest BCUT2D eigenvalue weighted by Gasteiger charge is -2.09. The monoisotopic (exact) mass is 371 g/mol. The predicted molar refractivity (Wildman–Crippen MR) is 103 cm³/mol. The zero-order valence-electron chi connectivity index (χ0n) is 15.7. The fraction of sp³-hybridized carbons (Fsp3) is 0.333. The van der Waals surface area contributed by atoms with Crippen molar-refractivity contribution in [2.75, 3.05) is 25.1 Å². The van der Waals surface area contributed by atoms with Crippen LogP contribution in [-0.4, -0.2) is 31.7 Å². The molecule has 0 saturated carbocycles. The largest absolute Gasteiger partial charge is 0.494 e. The molecule has 27 heavy (non-hydrogen) atoms. The van der Waals surface area contributed by atoms with Gasteiger partial charge in [-0.25, -0.2) is 4.79 Å². The number of hydrogen-bond donors (Lipinski definition) is 1. The summed E-state index contributed by atoms with van der Waals surface area (Å²) in [7, 11) is 0. The van der Waals surface area contributed by atoms with Crippen molar-refractivity contribution < 1.29 is 23.8 Å². The Labute approximate surface area is 159 Å². The molecule has 0 saturated heterocycles. The first-order valence-electron chi connectivity index (χ1n) is 9.05. The first-order chi connectivity index (χ1) is 13.1. The highest BCUT2D eigenvalue weighted by atomic mass is 16.5. The predicted octanol–water partition coefficient (Wildman–Crippen LogP) is 4.06. The summed E-state index contributed by atoms with van der Waals surface area (Å²) < 4.78 is 16.0. The highest BCUT2D eigenvalue weighted by Gasteiger charge is 2.09. The number of carbonyl (C=O) groups is 2. The van der Waals surface area contributed by atoms with E-state index in [0.717, 1.165) is 18.6 Å². The Kier molecular flexibility index (Phi) is 8.16. The molecule has 1 amide bonds. The van der Waals surface area contributed by atoms with Crippen molar-refractivity contribution in [2.45, 2.75) is 26.7 Å². The standard InChI is InChI=1S/C21H25NO5/c1-3-5-13-26-21(24)16-7-6-8-17(14-16)22-20(23)15-27-19-11-9-18(10-12-19)25-4-2/h6-12,14H,3-5,13,15H2,1-2H3,(H,22,23). The summed E-state index contributed by atoms with van der Waals surface area (Å²) in [6, 6.07) is 13.7. The molecule has 144 valence electrons. The fourth-order valence-electron chi connectivity index (χ4n) is 2.26. The first kappa shape index (κ1) is 20.3. The second kappa shape index (κ2) is 10.9. The Bertz CT molecular complexity index is 742. The second-order valence-corrected chi connectivity index (χ2v) is 5.81. The smallest absolute Gasteiger partial charge is 0.338 e. The van der Waals surface area contributed by atoms with Crippen molar-refractivity contribution in [3.63, 3.8) is 0 Å². The number of ether oxygens (including phenoxy) is 3. The average Bonchev–Trinajstić information content (AvgIpc) is 2.68. The van der Waals surface area contributed by atoms with E-state index in [9.17, 15) is 9.59 Å². The number of nitrogens with one attached hydrogen (secondary N) is 1. The molecule has 2 rings (SSSR count). The molecular formula is C21H25NO5. The van der Waals surface area contributed by atoms with Crippen LogP contribution in [0.3, 0.4) is 0 Å². The molecule has 6 nitrogen and oxygen atoms in total. The van der Waals surface area contributed by atoms with Gasteiger partial charge in [0.2, 0.25) is 0 Å². The molecule has 0 aliphatic rings. The van der Waals surface area contributed by atoms with Crippen LogP contribution in [0, 0.1) is 0 Å². The van der Waals surface area contributed by atoms with Gasteiger partial charge in [-0.3, -0.25) is 4.79 Å². The van der Waals surface area contributed by atoms with Gasteiger partial charge in [-0.15, -0.1) is 0 Å². The molecule has 0 aliphatic heterocycles. The zero-order valence-corrected chi connectivity index (χ0v) is 15.7. The third kappa shape index (κ3) is 7.01. The van der Waals surface area contributed by atoms with Crippen LogP contribution in [0.5, 0.6) is 11.5 Å². The topological polar surface area (TPSA) is 73.9 Å². The maximum absolute atomic E-state index is 12.1. The molecule has 0 heterocycles. The van der Waals surface area contributed by atoms with E-state index in [1.165, 1.54) is 0 Å². The highest BCUT2D eigenvalue weighted by molar-refractivity contribution is 5.95. The van der Waals surface area contributed by atoms with Crippen molar-refractivity contribution in [3.05, 3.63) is 54.1 Å². The fourth-order valence-corrected chi connectivity index (χ4v) is 2.26. The highest BCUT2D eigenvalue weighted by Crippen LogP contribution is 2.18. The van der Waals surface area contributed by atoms with Crippen LogP contribution < -0.4 is 14.8 Å². The molecule has 0 fully saturated rings. The van der Waals surface area contributed by atoms with E-state index < -0.39 is 5.97 Å².